The third-order valence-corrected chi connectivity index (χ3v) is 4.06. The lowest BCUT2D eigenvalue weighted by atomic mass is 10.2. The van der Waals surface area contributed by atoms with Gasteiger partial charge in [0.05, 0.1) is 0 Å². The molecule has 4 nitrogen and oxygen atoms in total. The summed E-state index contributed by atoms with van der Waals surface area (Å²) in [5, 5.41) is 9.31. The minimum Gasteiger partial charge on any atom is -0.259 e. The molecule has 2 heterocycles. The van der Waals surface area contributed by atoms with Crippen molar-refractivity contribution < 1.29 is 0 Å². The highest BCUT2D eigenvalue weighted by atomic mass is 32.2. The first kappa shape index (κ1) is 13.1. The second-order valence-corrected chi connectivity index (χ2v) is 5.80. The van der Waals surface area contributed by atoms with Crippen LogP contribution in [0.25, 0.3) is 5.78 Å². The summed E-state index contributed by atoms with van der Waals surface area (Å²) >= 11 is 1.72. The van der Waals surface area contributed by atoms with Gasteiger partial charge in [-0.3, -0.25) is 4.40 Å². The summed E-state index contributed by atoms with van der Waals surface area (Å²) in [6.45, 7) is 4.04. The zero-order valence-corrected chi connectivity index (χ0v) is 12.4. The Hall–Kier alpha value is -1.88. The number of hydrogen-bond donors (Lipinski definition) is 0. The summed E-state index contributed by atoms with van der Waals surface area (Å²) < 4.78 is 2.02. The molecule has 0 bridgehead atoms. The summed E-state index contributed by atoms with van der Waals surface area (Å²) in [5.74, 6) is 1.67. The van der Waals surface area contributed by atoms with Crippen molar-refractivity contribution in [3.8, 4) is 0 Å². The molecule has 0 saturated carbocycles. The van der Waals surface area contributed by atoms with Crippen molar-refractivity contribution in [2.75, 3.05) is 5.75 Å². The largest absolute Gasteiger partial charge is 0.259 e. The van der Waals surface area contributed by atoms with E-state index in [4.69, 9.17) is 0 Å². The number of hydrogen-bond acceptors (Lipinski definition) is 4. The van der Waals surface area contributed by atoms with Gasteiger partial charge in [-0.15, -0.1) is 10.2 Å². The summed E-state index contributed by atoms with van der Waals surface area (Å²) in [5.41, 5.74) is 3.45. The number of fused-ring (bicyclic) bond motifs is 1. The highest BCUT2D eigenvalue weighted by molar-refractivity contribution is 7.99. The first-order chi connectivity index (χ1) is 9.74. The van der Waals surface area contributed by atoms with Crippen LogP contribution in [0.3, 0.4) is 0 Å². The van der Waals surface area contributed by atoms with Gasteiger partial charge in [-0.25, -0.2) is 4.98 Å². The summed E-state index contributed by atoms with van der Waals surface area (Å²) in [6.07, 6.45) is 1.03. The Bertz CT molecular complexity index is 721. The maximum Gasteiger partial charge on any atom is 0.256 e. The summed E-state index contributed by atoms with van der Waals surface area (Å²) in [6, 6.07) is 12.5. The molecule has 0 N–H and O–H groups in total. The second-order valence-electron chi connectivity index (χ2n) is 4.74. The fourth-order valence-corrected chi connectivity index (χ4v) is 3.17. The molecule has 0 radical (unpaired) electrons. The number of nitrogens with zero attached hydrogens (tertiary/aromatic N) is 4. The number of benzene rings is 1. The first-order valence-electron chi connectivity index (χ1n) is 6.60. The van der Waals surface area contributed by atoms with Crippen LogP contribution >= 0.6 is 11.8 Å². The van der Waals surface area contributed by atoms with E-state index in [1.165, 1.54) is 5.56 Å². The lowest BCUT2D eigenvalue weighted by molar-refractivity contribution is 0.885. The van der Waals surface area contributed by atoms with Crippen LogP contribution in [0.1, 0.15) is 17.0 Å². The van der Waals surface area contributed by atoms with Crippen LogP contribution in [-0.2, 0) is 6.42 Å². The molecule has 1 aromatic carbocycles. The maximum absolute atomic E-state index is 4.40. The van der Waals surface area contributed by atoms with Crippen LogP contribution in [0, 0.1) is 13.8 Å². The molecule has 0 amide bonds. The third-order valence-electron chi connectivity index (χ3n) is 3.13. The lowest BCUT2D eigenvalue weighted by Crippen LogP contribution is -1.98. The molecule has 20 heavy (non-hydrogen) atoms. The van der Waals surface area contributed by atoms with Crippen molar-refractivity contribution in [1.29, 1.82) is 0 Å². The molecular formula is C15H16N4S. The number of aromatic nitrogens is 4. The average molecular weight is 284 g/mol. The third kappa shape index (κ3) is 2.67. The van der Waals surface area contributed by atoms with Crippen LogP contribution in [0.2, 0.25) is 0 Å². The van der Waals surface area contributed by atoms with Crippen LogP contribution in [0.15, 0.2) is 41.6 Å². The van der Waals surface area contributed by atoms with E-state index in [-0.39, 0.29) is 0 Å². The van der Waals surface area contributed by atoms with Gasteiger partial charge >= 0.3 is 0 Å². The molecule has 0 aliphatic heterocycles. The molecule has 0 unspecified atom stereocenters. The quantitative estimate of drug-likeness (QED) is 0.691. The smallest absolute Gasteiger partial charge is 0.256 e. The molecule has 2 aromatic heterocycles. The van der Waals surface area contributed by atoms with Crippen molar-refractivity contribution in [2.45, 2.75) is 25.4 Å². The van der Waals surface area contributed by atoms with Crippen LogP contribution in [0.5, 0.6) is 0 Å². The van der Waals surface area contributed by atoms with Crippen molar-refractivity contribution in [2.24, 2.45) is 0 Å². The van der Waals surface area contributed by atoms with Gasteiger partial charge in [-0.1, -0.05) is 42.1 Å². The molecule has 5 heteroatoms. The average Bonchev–Trinajstić information content (AvgIpc) is 2.83. The predicted molar refractivity (Wildman–Crippen MR) is 81.1 cm³/mol. The van der Waals surface area contributed by atoms with E-state index in [9.17, 15) is 0 Å². The Morgan fingerprint density at radius 2 is 1.90 bits per heavy atom. The number of aryl methyl sites for hydroxylation is 3. The molecule has 3 rings (SSSR count). The second kappa shape index (κ2) is 5.63. The zero-order valence-electron chi connectivity index (χ0n) is 11.6. The fraction of sp³-hybridized carbons (Fsp3) is 0.267. The van der Waals surface area contributed by atoms with E-state index < -0.39 is 0 Å². The normalized spacial score (nSPS) is 11.1. The monoisotopic (exact) mass is 284 g/mol. The van der Waals surface area contributed by atoms with Crippen molar-refractivity contribution >= 4 is 17.5 Å². The maximum atomic E-state index is 4.40. The van der Waals surface area contributed by atoms with Crippen molar-refractivity contribution in [3.63, 3.8) is 0 Å². The van der Waals surface area contributed by atoms with Gasteiger partial charge in [0, 0.05) is 17.1 Å². The van der Waals surface area contributed by atoms with E-state index in [2.05, 4.69) is 52.4 Å². The van der Waals surface area contributed by atoms with E-state index >= 15 is 0 Å². The summed E-state index contributed by atoms with van der Waals surface area (Å²) in [7, 11) is 0. The predicted octanol–water partition coefficient (Wildman–Crippen LogP) is 3.08. The molecule has 0 aliphatic rings. The Balaban J connectivity index is 1.75. The Labute approximate surface area is 122 Å². The highest BCUT2D eigenvalue weighted by Gasteiger charge is 2.09. The van der Waals surface area contributed by atoms with E-state index in [1.54, 1.807) is 11.8 Å². The molecule has 0 aliphatic carbocycles. The van der Waals surface area contributed by atoms with Crippen molar-refractivity contribution in [1.82, 2.24) is 19.6 Å². The molecule has 0 saturated heterocycles. The Morgan fingerprint density at radius 1 is 1.10 bits per heavy atom. The topological polar surface area (TPSA) is 43.1 Å². The molecular weight excluding hydrogens is 268 g/mol. The molecule has 0 fully saturated rings. The minimum atomic E-state index is 0.685. The molecule has 102 valence electrons. The van der Waals surface area contributed by atoms with Crippen LogP contribution < -0.4 is 0 Å². The van der Waals surface area contributed by atoms with E-state index in [0.29, 0.717) is 5.78 Å². The molecule has 0 spiro atoms. The Morgan fingerprint density at radius 3 is 2.70 bits per heavy atom. The van der Waals surface area contributed by atoms with Crippen LogP contribution in [-0.4, -0.2) is 25.3 Å². The minimum absolute atomic E-state index is 0.685. The van der Waals surface area contributed by atoms with Gasteiger partial charge in [0.15, 0.2) is 5.16 Å². The highest BCUT2D eigenvalue weighted by Crippen LogP contribution is 2.19. The standard InChI is InChI=1S/C15H16N4S/c1-11-10-12(2)19-14(16-11)17-18-15(19)20-9-8-13-6-4-3-5-7-13/h3-7,10H,8-9H2,1-2H3. The van der Waals surface area contributed by atoms with Gasteiger partial charge in [0.1, 0.15) is 0 Å². The summed E-state index contributed by atoms with van der Waals surface area (Å²) in [4.78, 5) is 4.40. The SMILES string of the molecule is Cc1cc(C)n2c(SCCc3ccccc3)nnc2n1. The van der Waals surface area contributed by atoms with Crippen LogP contribution in [0.4, 0.5) is 0 Å². The molecule has 0 atom stereocenters. The van der Waals surface area contributed by atoms with E-state index in [0.717, 1.165) is 28.7 Å². The first-order valence-corrected chi connectivity index (χ1v) is 7.59. The van der Waals surface area contributed by atoms with Gasteiger partial charge in [0.25, 0.3) is 5.78 Å². The molecule has 3 aromatic rings. The van der Waals surface area contributed by atoms with Gasteiger partial charge < -0.3 is 0 Å². The number of rotatable bonds is 4. The van der Waals surface area contributed by atoms with E-state index in [1.807, 2.05) is 17.4 Å². The van der Waals surface area contributed by atoms with Gasteiger partial charge in [-0.05, 0) is 31.9 Å². The van der Waals surface area contributed by atoms with Gasteiger partial charge in [-0.2, -0.15) is 0 Å². The lowest BCUT2D eigenvalue weighted by Gasteiger charge is -2.04. The number of thioether (sulfide) groups is 1. The zero-order chi connectivity index (χ0) is 13.9. The fourth-order valence-electron chi connectivity index (χ4n) is 2.20. The Kier molecular flexibility index (Phi) is 3.69. The van der Waals surface area contributed by atoms with Crippen molar-refractivity contribution in [3.05, 3.63) is 53.3 Å². The van der Waals surface area contributed by atoms with Gasteiger partial charge in [0.2, 0.25) is 0 Å².